The number of aryl methyl sites for hydroxylation is 1. The summed E-state index contributed by atoms with van der Waals surface area (Å²) in [7, 11) is 1.72. The first kappa shape index (κ1) is 13.0. The van der Waals surface area contributed by atoms with E-state index in [-0.39, 0.29) is 11.4 Å². The van der Waals surface area contributed by atoms with Gasteiger partial charge in [0.05, 0.1) is 0 Å². The fraction of sp³-hybridized carbons (Fsp3) is 0.143. The van der Waals surface area contributed by atoms with Gasteiger partial charge in [-0.15, -0.1) is 0 Å². The van der Waals surface area contributed by atoms with Gasteiger partial charge < -0.3 is 10.3 Å². The molecule has 0 radical (unpaired) electrons. The molecular formula is C14H13FN2O2. The molecule has 1 aromatic heterocycles. The van der Waals surface area contributed by atoms with E-state index in [1.807, 2.05) is 0 Å². The Morgan fingerprint density at radius 3 is 2.37 bits per heavy atom. The largest absolute Gasteiger partial charge is 0.365 e. The lowest BCUT2D eigenvalue weighted by molar-refractivity contribution is 0.0998. The van der Waals surface area contributed by atoms with Crippen LogP contribution >= 0.6 is 0 Å². The Balaban J connectivity index is 2.75. The molecule has 98 valence electrons. The Bertz CT molecular complexity index is 703. The highest BCUT2D eigenvalue weighted by molar-refractivity contribution is 5.95. The summed E-state index contributed by atoms with van der Waals surface area (Å²) in [6.07, 6.45) is 1.61. The van der Waals surface area contributed by atoms with Crippen LogP contribution < -0.4 is 11.2 Å². The minimum absolute atomic E-state index is 0.0377. The summed E-state index contributed by atoms with van der Waals surface area (Å²) in [6.45, 7) is 1.65. The zero-order valence-corrected chi connectivity index (χ0v) is 10.6. The average Bonchev–Trinajstić information content (AvgIpc) is 2.35. The van der Waals surface area contributed by atoms with E-state index in [1.54, 1.807) is 24.7 Å². The Morgan fingerprint density at radius 1 is 1.26 bits per heavy atom. The monoisotopic (exact) mass is 260 g/mol. The maximum absolute atomic E-state index is 12.9. The number of hydrogen-bond acceptors (Lipinski definition) is 2. The molecule has 5 heteroatoms. The summed E-state index contributed by atoms with van der Waals surface area (Å²) < 4.78 is 14.5. The van der Waals surface area contributed by atoms with Crippen molar-refractivity contribution in [3.63, 3.8) is 0 Å². The zero-order chi connectivity index (χ0) is 14.2. The van der Waals surface area contributed by atoms with Crippen LogP contribution in [0.4, 0.5) is 4.39 Å². The lowest BCUT2D eigenvalue weighted by Gasteiger charge is -2.11. The second kappa shape index (κ2) is 4.68. The Kier molecular flexibility index (Phi) is 3.21. The van der Waals surface area contributed by atoms with Gasteiger partial charge in [-0.25, -0.2) is 4.39 Å². The van der Waals surface area contributed by atoms with Crippen molar-refractivity contribution in [3.8, 4) is 11.1 Å². The lowest BCUT2D eigenvalue weighted by atomic mass is 10.0. The molecule has 1 aromatic carbocycles. The summed E-state index contributed by atoms with van der Waals surface area (Å²) >= 11 is 0. The van der Waals surface area contributed by atoms with E-state index in [2.05, 4.69) is 0 Å². The molecule has 1 heterocycles. The van der Waals surface area contributed by atoms with Gasteiger partial charge in [0.25, 0.3) is 5.91 Å². The topological polar surface area (TPSA) is 65.1 Å². The number of nitrogens with zero attached hydrogens (tertiary/aromatic N) is 1. The Morgan fingerprint density at radius 2 is 1.84 bits per heavy atom. The maximum Gasteiger partial charge on any atom is 0.254 e. The van der Waals surface area contributed by atoms with Gasteiger partial charge in [-0.2, -0.15) is 0 Å². The molecule has 0 saturated carbocycles. The third-order valence-corrected chi connectivity index (χ3v) is 3.09. The van der Waals surface area contributed by atoms with Crippen molar-refractivity contribution in [2.45, 2.75) is 6.92 Å². The number of carbonyl (C=O) groups excluding carboxylic acids is 1. The van der Waals surface area contributed by atoms with Gasteiger partial charge in [-0.3, -0.25) is 9.59 Å². The van der Waals surface area contributed by atoms with Crippen molar-refractivity contribution in [1.29, 1.82) is 0 Å². The second-order valence-electron chi connectivity index (χ2n) is 4.31. The van der Waals surface area contributed by atoms with Crippen LogP contribution in [0.15, 0.2) is 35.3 Å². The smallest absolute Gasteiger partial charge is 0.254 e. The standard InChI is InChI=1S/C14H13FN2O2/c1-8-12(14(16)19)13(18)11(7-17(8)2)9-3-5-10(15)6-4-9/h3-7H,1-2H3,(H2,16,19). The number of primary amides is 1. The first-order valence-corrected chi connectivity index (χ1v) is 5.67. The van der Waals surface area contributed by atoms with E-state index >= 15 is 0 Å². The van der Waals surface area contributed by atoms with Crippen molar-refractivity contribution in [3.05, 3.63) is 57.8 Å². The molecule has 0 unspecified atom stereocenters. The van der Waals surface area contributed by atoms with E-state index in [0.717, 1.165) is 0 Å². The molecule has 4 nitrogen and oxygen atoms in total. The molecule has 0 bridgehead atoms. The van der Waals surface area contributed by atoms with Crippen LogP contribution in [0.2, 0.25) is 0 Å². The number of nitrogens with two attached hydrogens (primary N) is 1. The highest BCUT2D eigenvalue weighted by atomic mass is 19.1. The molecule has 2 rings (SSSR count). The number of benzene rings is 1. The predicted octanol–water partition coefficient (Wildman–Crippen LogP) is 1.60. The molecule has 2 N–H and O–H groups in total. The Labute approximate surface area is 109 Å². The van der Waals surface area contributed by atoms with Gasteiger partial charge in [0, 0.05) is 24.5 Å². The maximum atomic E-state index is 12.9. The average molecular weight is 260 g/mol. The molecule has 0 saturated heterocycles. The minimum atomic E-state index is -0.762. The Hall–Kier alpha value is -2.43. The number of halogens is 1. The normalized spacial score (nSPS) is 10.5. The molecule has 0 aliphatic carbocycles. The van der Waals surface area contributed by atoms with Crippen molar-refractivity contribution in [1.82, 2.24) is 4.57 Å². The fourth-order valence-corrected chi connectivity index (χ4v) is 1.95. The first-order chi connectivity index (χ1) is 8.91. The summed E-state index contributed by atoms with van der Waals surface area (Å²) in [5, 5.41) is 0. The van der Waals surface area contributed by atoms with E-state index in [0.29, 0.717) is 16.8 Å². The summed E-state index contributed by atoms with van der Waals surface area (Å²) in [4.78, 5) is 23.6. The van der Waals surface area contributed by atoms with Gasteiger partial charge >= 0.3 is 0 Å². The molecule has 0 spiro atoms. The molecule has 0 aliphatic rings. The second-order valence-corrected chi connectivity index (χ2v) is 4.31. The molecule has 0 atom stereocenters. The van der Waals surface area contributed by atoms with Crippen LogP contribution in [0.1, 0.15) is 16.1 Å². The SMILES string of the molecule is Cc1c(C(N)=O)c(=O)c(-c2ccc(F)cc2)cn1C. The van der Waals surface area contributed by atoms with Gasteiger partial charge in [0.15, 0.2) is 0 Å². The van der Waals surface area contributed by atoms with Crippen LogP contribution in [0.5, 0.6) is 0 Å². The number of aromatic nitrogens is 1. The molecule has 19 heavy (non-hydrogen) atoms. The van der Waals surface area contributed by atoms with Gasteiger partial charge in [0.1, 0.15) is 11.4 Å². The number of carbonyl (C=O) groups is 1. The van der Waals surface area contributed by atoms with Crippen molar-refractivity contribution in [2.75, 3.05) is 0 Å². The molecule has 1 amide bonds. The van der Waals surface area contributed by atoms with Gasteiger partial charge in [-0.1, -0.05) is 12.1 Å². The first-order valence-electron chi connectivity index (χ1n) is 5.67. The molecule has 0 aliphatic heterocycles. The third-order valence-electron chi connectivity index (χ3n) is 3.09. The number of hydrogen-bond donors (Lipinski definition) is 1. The van der Waals surface area contributed by atoms with Crippen LogP contribution in [-0.2, 0) is 7.05 Å². The summed E-state index contributed by atoms with van der Waals surface area (Å²) in [5.74, 6) is -1.15. The molecule has 2 aromatic rings. The number of rotatable bonds is 2. The number of pyridine rings is 1. The third kappa shape index (κ3) is 2.27. The van der Waals surface area contributed by atoms with Gasteiger partial charge in [0.2, 0.25) is 5.43 Å². The zero-order valence-electron chi connectivity index (χ0n) is 10.6. The fourth-order valence-electron chi connectivity index (χ4n) is 1.95. The van der Waals surface area contributed by atoms with Crippen molar-refractivity contribution in [2.24, 2.45) is 12.8 Å². The predicted molar refractivity (Wildman–Crippen MR) is 70.3 cm³/mol. The van der Waals surface area contributed by atoms with Crippen LogP contribution in [0.3, 0.4) is 0 Å². The van der Waals surface area contributed by atoms with Crippen LogP contribution in [0, 0.1) is 12.7 Å². The van der Waals surface area contributed by atoms with Gasteiger partial charge in [-0.05, 0) is 24.6 Å². The van der Waals surface area contributed by atoms with Crippen LogP contribution in [-0.4, -0.2) is 10.5 Å². The highest BCUT2D eigenvalue weighted by Gasteiger charge is 2.16. The van der Waals surface area contributed by atoms with Crippen LogP contribution in [0.25, 0.3) is 11.1 Å². The quantitative estimate of drug-likeness (QED) is 0.891. The van der Waals surface area contributed by atoms with E-state index in [9.17, 15) is 14.0 Å². The van der Waals surface area contributed by atoms with E-state index in [1.165, 1.54) is 24.3 Å². The van der Waals surface area contributed by atoms with E-state index < -0.39 is 11.3 Å². The minimum Gasteiger partial charge on any atom is -0.365 e. The lowest BCUT2D eigenvalue weighted by Crippen LogP contribution is -2.27. The molecular weight excluding hydrogens is 247 g/mol. The highest BCUT2D eigenvalue weighted by Crippen LogP contribution is 2.17. The summed E-state index contributed by atoms with van der Waals surface area (Å²) in [6, 6.07) is 5.51. The summed E-state index contributed by atoms with van der Waals surface area (Å²) in [5.41, 5.74) is 6.14. The number of amides is 1. The van der Waals surface area contributed by atoms with Crippen molar-refractivity contribution >= 4 is 5.91 Å². The van der Waals surface area contributed by atoms with Crippen molar-refractivity contribution < 1.29 is 9.18 Å². The van der Waals surface area contributed by atoms with E-state index in [4.69, 9.17) is 5.73 Å². The molecule has 0 fully saturated rings.